The highest BCUT2D eigenvalue weighted by Gasteiger charge is 2.16. The molecule has 0 saturated carbocycles. The summed E-state index contributed by atoms with van der Waals surface area (Å²) in [5.74, 6) is -0.0508. The van der Waals surface area contributed by atoms with Gasteiger partial charge in [-0.15, -0.1) is 0 Å². The first kappa shape index (κ1) is 10.3. The molecule has 0 radical (unpaired) electrons. The second kappa shape index (κ2) is 4.11. The van der Waals surface area contributed by atoms with Gasteiger partial charge in [0.1, 0.15) is 0 Å². The summed E-state index contributed by atoms with van der Waals surface area (Å²) < 4.78 is 0. The van der Waals surface area contributed by atoms with Crippen molar-refractivity contribution in [3.63, 3.8) is 0 Å². The maximum Gasteiger partial charge on any atom is 0.221 e. The zero-order valence-electron chi connectivity index (χ0n) is 8.56. The molecule has 1 aromatic rings. The molecule has 2 N–H and O–H groups in total. The Morgan fingerprint density at radius 2 is 2.33 bits per heavy atom. The summed E-state index contributed by atoms with van der Waals surface area (Å²) in [6.07, 6.45) is 2.03. The second-order valence-electron chi connectivity index (χ2n) is 3.66. The van der Waals surface area contributed by atoms with Gasteiger partial charge in [-0.25, -0.2) is 0 Å². The summed E-state index contributed by atoms with van der Waals surface area (Å²) in [6, 6.07) is 3.67. The van der Waals surface area contributed by atoms with Crippen molar-refractivity contribution in [1.29, 1.82) is 0 Å². The van der Waals surface area contributed by atoms with Crippen LogP contribution in [0.15, 0.2) is 12.1 Å². The molecule has 0 atom stereocenters. The average molecular weight is 225 g/mol. The van der Waals surface area contributed by atoms with Gasteiger partial charge in [-0.2, -0.15) is 0 Å². The molecule has 80 valence electrons. The smallest absolute Gasteiger partial charge is 0.221 e. The number of amides is 1. The Balaban J connectivity index is 2.43. The topological polar surface area (TPSA) is 41.1 Å². The number of halogens is 1. The first-order valence-electron chi connectivity index (χ1n) is 5.01. The van der Waals surface area contributed by atoms with Gasteiger partial charge < -0.3 is 10.6 Å². The molecule has 0 fully saturated rings. The molecule has 0 bridgehead atoms. The van der Waals surface area contributed by atoms with E-state index in [-0.39, 0.29) is 5.91 Å². The maximum absolute atomic E-state index is 11.0. The highest BCUT2D eigenvalue weighted by molar-refractivity contribution is 6.33. The molecule has 1 heterocycles. The van der Waals surface area contributed by atoms with Crippen molar-refractivity contribution in [2.75, 3.05) is 17.2 Å². The largest absolute Gasteiger partial charge is 0.384 e. The van der Waals surface area contributed by atoms with E-state index < -0.39 is 0 Å². The number of rotatable bonds is 1. The molecular weight excluding hydrogens is 212 g/mol. The summed E-state index contributed by atoms with van der Waals surface area (Å²) in [5, 5.41) is 6.80. The second-order valence-corrected chi connectivity index (χ2v) is 4.07. The fourth-order valence-corrected chi connectivity index (χ4v) is 2.10. The SMILES string of the molecule is CC(=O)Nc1ccc(Cl)c2c1CCCN2. The zero-order valence-corrected chi connectivity index (χ0v) is 9.32. The van der Waals surface area contributed by atoms with E-state index in [4.69, 9.17) is 11.6 Å². The minimum Gasteiger partial charge on any atom is -0.384 e. The van der Waals surface area contributed by atoms with Crippen molar-refractivity contribution in [2.45, 2.75) is 19.8 Å². The molecule has 2 rings (SSSR count). The van der Waals surface area contributed by atoms with E-state index in [9.17, 15) is 4.79 Å². The first-order valence-corrected chi connectivity index (χ1v) is 5.39. The van der Waals surface area contributed by atoms with Crippen LogP contribution in [-0.4, -0.2) is 12.5 Å². The van der Waals surface area contributed by atoms with Crippen molar-refractivity contribution in [2.24, 2.45) is 0 Å². The summed E-state index contributed by atoms with van der Waals surface area (Å²) in [7, 11) is 0. The predicted molar refractivity (Wildman–Crippen MR) is 62.6 cm³/mol. The van der Waals surface area contributed by atoms with Gasteiger partial charge in [0.05, 0.1) is 10.7 Å². The third kappa shape index (κ3) is 2.07. The van der Waals surface area contributed by atoms with Gasteiger partial charge in [-0.1, -0.05) is 11.6 Å². The van der Waals surface area contributed by atoms with Gasteiger partial charge in [0.25, 0.3) is 0 Å². The van der Waals surface area contributed by atoms with Gasteiger partial charge in [-0.05, 0) is 25.0 Å². The van der Waals surface area contributed by atoms with E-state index in [1.807, 2.05) is 12.1 Å². The molecule has 0 aliphatic carbocycles. The van der Waals surface area contributed by atoms with Crippen molar-refractivity contribution < 1.29 is 4.79 Å². The Kier molecular flexibility index (Phi) is 2.82. The Hall–Kier alpha value is -1.22. The molecule has 0 aromatic heterocycles. The normalized spacial score (nSPS) is 14.0. The number of nitrogens with one attached hydrogen (secondary N) is 2. The lowest BCUT2D eigenvalue weighted by Crippen LogP contribution is -2.16. The number of benzene rings is 1. The molecule has 0 saturated heterocycles. The van der Waals surface area contributed by atoms with E-state index in [1.165, 1.54) is 6.92 Å². The van der Waals surface area contributed by atoms with Crippen molar-refractivity contribution >= 4 is 28.9 Å². The lowest BCUT2D eigenvalue weighted by Gasteiger charge is -2.22. The van der Waals surface area contributed by atoms with Gasteiger partial charge in [0, 0.05) is 24.7 Å². The number of carbonyl (C=O) groups is 1. The monoisotopic (exact) mass is 224 g/mol. The van der Waals surface area contributed by atoms with Gasteiger partial charge in [0.2, 0.25) is 5.91 Å². The van der Waals surface area contributed by atoms with Crippen LogP contribution >= 0.6 is 11.6 Å². The molecule has 0 unspecified atom stereocenters. The third-order valence-electron chi connectivity index (χ3n) is 2.48. The minimum atomic E-state index is -0.0508. The summed E-state index contributed by atoms with van der Waals surface area (Å²) in [6.45, 7) is 2.45. The van der Waals surface area contributed by atoms with Gasteiger partial charge in [-0.3, -0.25) is 4.79 Å². The lowest BCUT2D eigenvalue weighted by molar-refractivity contribution is -0.114. The standard InChI is InChI=1S/C11H13ClN2O/c1-7(15)14-10-5-4-9(12)11-8(10)3-2-6-13-11/h4-5,13H,2-3,6H2,1H3,(H,14,15). The Labute approximate surface area is 93.8 Å². The Bertz CT molecular complexity index is 404. The average Bonchev–Trinajstić information content (AvgIpc) is 2.22. The molecule has 0 spiro atoms. The molecule has 1 aliphatic rings. The summed E-state index contributed by atoms with van der Waals surface area (Å²) >= 11 is 6.08. The van der Waals surface area contributed by atoms with Crippen LogP contribution in [-0.2, 0) is 11.2 Å². The number of hydrogen-bond donors (Lipinski definition) is 2. The van der Waals surface area contributed by atoms with Crippen molar-refractivity contribution in [3.05, 3.63) is 22.7 Å². The minimum absolute atomic E-state index is 0.0508. The third-order valence-corrected chi connectivity index (χ3v) is 2.79. The quantitative estimate of drug-likeness (QED) is 0.770. The summed E-state index contributed by atoms with van der Waals surface area (Å²) in [4.78, 5) is 11.0. The molecule has 4 heteroatoms. The Morgan fingerprint density at radius 1 is 1.53 bits per heavy atom. The van der Waals surface area contributed by atoms with Crippen LogP contribution in [0, 0.1) is 0 Å². The van der Waals surface area contributed by atoms with Crippen LogP contribution in [0.25, 0.3) is 0 Å². The zero-order chi connectivity index (χ0) is 10.8. The van der Waals surface area contributed by atoms with Crippen molar-refractivity contribution in [3.8, 4) is 0 Å². The number of anilines is 2. The maximum atomic E-state index is 11.0. The lowest BCUT2D eigenvalue weighted by atomic mass is 10.0. The van der Waals surface area contributed by atoms with Crippen LogP contribution in [0.4, 0.5) is 11.4 Å². The van der Waals surface area contributed by atoms with Gasteiger partial charge >= 0.3 is 0 Å². The van der Waals surface area contributed by atoms with Crippen LogP contribution in [0.3, 0.4) is 0 Å². The van der Waals surface area contributed by atoms with Crippen LogP contribution in [0.2, 0.25) is 5.02 Å². The molecular formula is C11H13ClN2O. The van der Waals surface area contributed by atoms with Gasteiger partial charge in [0.15, 0.2) is 0 Å². The summed E-state index contributed by atoms with van der Waals surface area (Å²) in [5.41, 5.74) is 2.95. The highest BCUT2D eigenvalue weighted by Crippen LogP contribution is 2.35. The molecule has 1 aliphatic heterocycles. The molecule has 1 amide bonds. The van der Waals surface area contributed by atoms with Crippen LogP contribution in [0.1, 0.15) is 18.9 Å². The molecule has 3 nitrogen and oxygen atoms in total. The first-order chi connectivity index (χ1) is 7.18. The fourth-order valence-electron chi connectivity index (χ4n) is 1.86. The van der Waals surface area contributed by atoms with Crippen LogP contribution < -0.4 is 10.6 Å². The van der Waals surface area contributed by atoms with E-state index in [0.29, 0.717) is 0 Å². The Morgan fingerprint density at radius 3 is 3.07 bits per heavy atom. The highest BCUT2D eigenvalue weighted by atomic mass is 35.5. The molecule has 15 heavy (non-hydrogen) atoms. The van der Waals surface area contributed by atoms with E-state index >= 15 is 0 Å². The van der Waals surface area contributed by atoms with Crippen LogP contribution in [0.5, 0.6) is 0 Å². The van der Waals surface area contributed by atoms with E-state index in [0.717, 1.165) is 41.3 Å². The fraction of sp³-hybridized carbons (Fsp3) is 0.364. The predicted octanol–water partition coefficient (Wildman–Crippen LogP) is 2.66. The van der Waals surface area contributed by atoms with E-state index in [1.54, 1.807) is 0 Å². The molecule has 1 aromatic carbocycles. The number of carbonyl (C=O) groups excluding carboxylic acids is 1. The number of fused-ring (bicyclic) bond motifs is 1. The van der Waals surface area contributed by atoms with Crippen molar-refractivity contribution in [1.82, 2.24) is 0 Å². The van der Waals surface area contributed by atoms with E-state index in [2.05, 4.69) is 10.6 Å². The number of hydrogen-bond acceptors (Lipinski definition) is 2.